The van der Waals surface area contributed by atoms with Crippen molar-refractivity contribution in [2.75, 3.05) is 0 Å². The first-order chi connectivity index (χ1) is 13.0. The predicted octanol–water partition coefficient (Wildman–Crippen LogP) is 4.33. The predicted molar refractivity (Wildman–Crippen MR) is 97.0 cm³/mol. The van der Waals surface area contributed by atoms with E-state index in [0.29, 0.717) is 4.73 Å². The number of carbonyl (C=O) groups excluding carboxylic acids is 1. The highest BCUT2D eigenvalue weighted by Crippen LogP contribution is 2.40. The van der Waals surface area contributed by atoms with Gasteiger partial charge in [-0.3, -0.25) is 0 Å². The van der Waals surface area contributed by atoms with E-state index in [9.17, 15) is 9.70 Å². The molecule has 0 fully saturated rings. The fraction of sp³-hybridized carbons (Fsp3) is 0.167. The average Bonchev–Trinajstić information content (AvgIpc) is 3.19. The van der Waals surface area contributed by atoms with Crippen LogP contribution in [0.1, 0.15) is 41.7 Å². The number of nitrogens with zero attached hydrogens (tertiary/aromatic N) is 4. The molecular formula is C18H13BrN4O3. The van der Waals surface area contributed by atoms with E-state index in [4.69, 9.17) is 6.11 Å². The maximum Gasteiger partial charge on any atom is 0.338 e. The zero-order chi connectivity index (χ0) is 19.0. The number of aromatic nitrogens is 3. The Balaban J connectivity index is 1.65. The molecule has 4 rings (SSSR count). The number of fused-ring (bicyclic) bond motifs is 1. The Hall–Kier alpha value is -2.87. The van der Waals surface area contributed by atoms with Crippen molar-refractivity contribution in [3.8, 4) is 0 Å². The third-order valence-corrected chi connectivity index (χ3v) is 4.47. The number of rotatable bonds is 4. The molecule has 0 saturated heterocycles. The molecule has 0 radical (unpaired) electrons. The van der Waals surface area contributed by atoms with Crippen LogP contribution in [0.5, 0.6) is 0 Å². The van der Waals surface area contributed by atoms with Crippen LogP contribution in [0.15, 0.2) is 64.5 Å². The van der Waals surface area contributed by atoms with Crippen molar-refractivity contribution in [1.82, 2.24) is 14.8 Å². The Morgan fingerprint density at radius 1 is 1.23 bits per heavy atom. The first kappa shape index (κ1) is 15.4. The van der Waals surface area contributed by atoms with Gasteiger partial charge >= 0.3 is 5.97 Å². The maximum atomic E-state index is 12.5. The Morgan fingerprint density at radius 3 is 2.65 bits per heavy atom. The summed E-state index contributed by atoms with van der Waals surface area (Å²) in [6.45, 7) is 0. The number of hydrogen-bond acceptors (Lipinski definition) is 6. The normalized spacial score (nSPS) is 21.7. The summed E-state index contributed by atoms with van der Waals surface area (Å²) >= 11 is 3.23. The maximum absolute atomic E-state index is 12.5. The zero-order valence-electron chi connectivity index (χ0n) is 14.4. The molecule has 0 aliphatic carbocycles. The summed E-state index contributed by atoms with van der Waals surface area (Å²) in [5, 5.41) is 7.11. The van der Waals surface area contributed by atoms with Crippen LogP contribution in [0.4, 0.5) is 5.69 Å². The zero-order valence-corrected chi connectivity index (χ0v) is 15.0. The number of ether oxygens (including phenoxy) is 1. The van der Waals surface area contributed by atoms with Crippen LogP contribution in [0, 0.1) is 4.91 Å². The van der Waals surface area contributed by atoms with Crippen molar-refractivity contribution >= 4 is 27.6 Å². The van der Waals surface area contributed by atoms with Crippen molar-refractivity contribution in [3.05, 3.63) is 81.2 Å². The highest BCUT2D eigenvalue weighted by molar-refractivity contribution is 9.10. The van der Waals surface area contributed by atoms with Crippen LogP contribution in [0.3, 0.4) is 0 Å². The first-order valence-electron chi connectivity index (χ1n) is 8.34. The van der Waals surface area contributed by atoms with Crippen molar-refractivity contribution in [1.29, 1.82) is 0 Å². The van der Waals surface area contributed by atoms with Gasteiger partial charge in [0.05, 0.1) is 13.0 Å². The van der Waals surface area contributed by atoms with Gasteiger partial charge in [-0.15, -0.1) is 10.0 Å². The number of halogens is 1. The van der Waals surface area contributed by atoms with Crippen molar-refractivity contribution in [2.24, 2.45) is 5.18 Å². The fourth-order valence-electron chi connectivity index (χ4n) is 2.91. The second-order valence-corrected chi connectivity index (χ2v) is 6.44. The summed E-state index contributed by atoms with van der Waals surface area (Å²) in [6, 6.07) is 15.0. The number of carbonyl (C=O) groups is 1. The highest BCUT2D eigenvalue weighted by Gasteiger charge is 2.37. The number of hydrogen-bond donors (Lipinski definition) is 0. The average molecular weight is 414 g/mol. The van der Waals surface area contributed by atoms with Crippen LogP contribution in [-0.2, 0) is 4.74 Å². The molecule has 130 valence electrons. The van der Waals surface area contributed by atoms with E-state index in [2.05, 4.69) is 31.2 Å². The monoisotopic (exact) mass is 413 g/mol. The van der Waals surface area contributed by atoms with Gasteiger partial charge in [0.25, 0.3) is 0 Å². The van der Waals surface area contributed by atoms with Crippen LogP contribution in [0.25, 0.3) is 0 Å². The van der Waals surface area contributed by atoms with E-state index < -0.39 is 12.0 Å². The van der Waals surface area contributed by atoms with Crippen LogP contribution < -0.4 is 0 Å². The Labute approximate surface area is 158 Å². The molecule has 1 aliphatic rings. The van der Waals surface area contributed by atoms with Gasteiger partial charge < -0.3 is 4.74 Å². The fourth-order valence-corrected chi connectivity index (χ4v) is 3.25. The minimum absolute atomic E-state index is 0.194. The third-order valence-electron chi connectivity index (χ3n) is 4.14. The summed E-state index contributed by atoms with van der Waals surface area (Å²) in [5.74, 6) is -0.426. The van der Waals surface area contributed by atoms with Crippen LogP contribution >= 0.6 is 15.9 Å². The molecule has 2 aromatic carbocycles. The second-order valence-electron chi connectivity index (χ2n) is 5.73. The minimum atomic E-state index is -1.68. The SMILES string of the molecule is [2H][C@@]1(OC(=O)c2ccc(N=O)cc2)C[C@@H](c2ccccc2)n2nc(Br)nc21. The first-order valence-corrected chi connectivity index (χ1v) is 8.64. The molecule has 1 aliphatic heterocycles. The molecule has 3 aromatic rings. The molecule has 2 atom stereocenters. The summed E-state index contributed by atoms with van der Waals surface area (Å²) < 4.78 is 16.2. The van der Waals surface area contributed by atoms with Gasteiger partial charge in [0.1, 0.15) is 5.69 Å². The molecule has 8 heteroatoms. The van der Waals surface area contributed by atoms with E-state index in [-0.39, 0.29) is 29.5 Å². The van der Waals surface area contributed by atoms with Crippen LogP contribution in [0.2, 0.25) is 0 Å². The van der Waals surface area contributed by atoms with Gasteiger partial charge in [-0.05, 0) is 50.9 Å². The number of nitroso groups, excluding NO2 is 1. The third kappa shape index (κ3) is 3.03. The van der Waals surface area contributed by atoms with E-state index in [1.54, 1.807) is 4.68 Å². The van der Waals surface area contributed by atoms with E-state index >= 15 is 0 Å². The highest BCUT2D eigenvalue weighted by atomic mass is 79.9. The smallest absolute Gasteiger partial charge is 0.338 e. The van der Waals surface area contributed by atoms with E-state index in [0.717, 1.165) is 5.56 Å². The number of esters is 1. The standard InChI is InChI=1S/C18H13BrN4O3/c19-18-20-16-15(26-17(24)12-6-8-13(22-25)9-7-12)10-14(23(16)21-18)11-4-2-1-3-5-11/h1-9,14-15H,10H2/t14-,15+/m0/s1/i15D. The van der Waals surface area contributed by atoms with Gasteiger partial charge in [-0.2, -0.15) is 0 Å². The molecule has 26 heavy (non-hydrogen) atoms. The van der Waals surface area contributed by atoms with Gasteiger partial charge in [-0.1, -0.05) is 30.3 Å². The Kier molecular flexibility index (Phi) is 4.02. The molecule has 1 aromatic heterocycles. The molecule has 0 saturated carbocycles. The summed E-state index contributed by atoms with van der Waals surface area (Å²) in [6.07, 6.45) is -1.49. The lowest BCUT2D eigenvalue weighted by atomic mass is 10.0. The lowest BCUT2D eigenvalue weighted by molar-refractivity contribution is 0.0286. The summed E-state index contributed by atoms with van der Waals surface area (Å²) in [4.78, 5) is 27.3. The molecular weight excluding hydrogens is 400 g/mol. The van der Waals surface area contributed by atoms with Crippen molar-refractivity contribution in [3.63, 3.8) is 0 Å². The van der Waals surface area contributed by atoms with E-state index in [1.165, 1.54) is 24.3 Å². The lowest BCUT2D eigenvalue weighted by Crippen LogP contribution is -2.10. The van der Waals surface area contributed by atoms with Gasteiger partial charge in [0.2, 0.25) is 4.73 Å². The molecule has 0 unspecified atom stereocenters. The van der Waals surface area contributed by atoms with E-state index in [1.807, 2.05) is 30.3 Å². The molecule has 0 bridgehead atoms. The largest absolute Gasteiger partial charge is 0.450 e. The topological polar surface area (TPSA) is 86.4 Å². The molecule has 7 nitrogen and oxygen atoms in total. The van der Waals surface area contributed by atoms with Gasteiger partial charge in [-0.25, -0.2) is 14.5 Å². The molecule has 0 N–H and O–H groups in total. The second kappa shape index (κ2) is 6.80. The van der Waals surface area contributed by atoms with Crippen LogP contribution in [-0.4, -0.2) is 20.7 Å². The van der Waals surface area contributed by atoms with Crippen molar-refractivity contribution in [2.45, 2.75) is 18.5 Å². The minimum Gasteiger partial charge on any atom is -0.450 e. The molecule has 0 amide bonds. The lowest BCUT2D eigenvalue weighted by Gasteiger charge is -2.13. The Morgan fingerprint density at radius 2 is 1.96 bits per heavy atom. The molecule has 0 spiro atoms. The van der Waals surface area contributed by atoms with Crippen molar-refractivity contribution < 1.29 is 10.9 Å². The Bertz CT molecular complexity index is 1010. The summed E-state index contributed by atoms with van der Waals surface area (Å²) in [7, 11) is 0. The summed E-state index contributed by atoms with van der Waals surface area (Å²) in [5.41, 5.74) is 1.38. The molecule has 2 heterocycles. The van der Waals surface area contributed by atoms with Gasteiger partial charge in [0.15, 0.2) is 11.9 Å². The number of benzene rings is 2. The quantitative estimate of drug-likeness (QED) is 0.469. The van der Waals surface area contributed by atoms with Gasteiger partial charge in [0, 0.05) is 6.42 Å².